The summed E-state index contributed by atoms with van der Waals surface area (Å²) in [5.74, 6) is -0.774. The summed E-state index contributed by atoms with van der Waals surface area (Å²) in [6, 6.07) is 10.5. The SMILES string of the molecule is N#CC1=C(N)N(c2sc3c(c2C#N)CCCC3)C2=C(C(=O)CCC2)C1c1ccc(F)cc1. The first-order chi connectivity index (χ1) is 15.5. The van der Waals surface area contributed by atoms with E-state index in [1.807, 2.05) is 0 Å². The number of allylic oxidation sites excluding steroid dienone is 3. The number of hydrogen-bond acceptors (Lipinski definition) is 6. The minimum atomic E-state index is -0.625. The van der Waals surface area contributed by atoms with E-state index in [1.54, 1.807) is 28.4 Å². The maximum absolute atomic E-state index is 13.6. The third kappa shape index (κ3) is 3.04. The van der Waals surface area contributed by atoms with Crippen molar-refractivity contribution < 1.29 is 9.18 Å². The number of ketones is 1. The molecule has 0 radical (unpaired) electrons. The zero-order valence-corrected chi connectivity index (χ0v) is 18.3. The number of halogens is 1. The van der Waals surface area contributed by atoms with Crippen LogP contribution in [0.5, 0.6) is 0 Å². The molecule has 5 rings (SSSR count). The van der Waals surface area contributed by atoms with E-state index in [0.29, 0.717) is 41.0 Å². The van der Waals surface area contributed by atoms with Crippen LogP contribution in [0.3, 0.4) is 0 Å². The lowest BCUT2D eigenvalue weighted by molar-refractivity contribution is -0.116. The van der Waals surface area contributed by atoms with Crippen LogP contribution in [-0.4, -0.2) is 5.78 Å². The van der Waals surface area contributed by atoms with Crippen LogP contribution in [0.25, 0.3) is 0 Å². The molecule has 0 saturated carbocycles. The van der Waals surface area contributed by atoms with Crippen LogP contribution >= 0.6 is 11.3 Å². The Morgan fingerprint density at radius 3 is 2.50 bits per heavy atom. The molecule has 2 heterocycles. The van der Waals surface area contributed by atoms with Gasteiger partial charge in [0, 0.05) is 22.6 Å². The van der Waals surface area contributed by atoms with Crippen molar-refractivity contribution in [3.63, 3.8) is 0 Å². The van der Waals surface area contributed by atoms with Gasteiger partial charge in [-0.25, -0.2) is 4.39 Å². The molecule has 1 aliphatic heterocycles. The number of carbonyl (C=O) groups excluding carboxylic acids is 1. The molecule has 1 aromatic heterocycles. The highest BCUT2D eigenvalue weighted by atomic mass is 32.1. The minimum Gasteiger partial charge on any atom is -0.384 e. The molecule has 7 heteroatoms. The minimum absolute atomic E-state index is 0.0225. The van der Waals surface area contributed by atoms with E-state index in [4.69, 9.17) is 5.73 Å². The first-order valence-corrected chi connectivity index (χ1v) is 11.6. The number of hydrogen-bond donors (Lipinski definition) is 1. The Hall–Kier alpha value is -3.42. The van der Waals surface area contributed by atoms with Crippen LogP contribution in [0.2, 0.25) is 0 Å². The molecule has 32 heavy (non-hydrogen) atoms. The second-order valence-electron chi connectivity index (χ2n) is 8.37. The lowest BCUT2D eigenvalue weighted by Crippen LogP contribution is -2.38. The number of carbonyl (C=O) groups is 1. The molecule has 1 atom stereocenters. The first-order valence-electron chi connectivity index (χ1n) is 10.8. The Labute approximate surface area is 189 Å². The van der Waals surface area contributed by atoms with E-state index in [0.717, 1.165) is 36.9 Å². The zero-order chi connectivity index (χ0) is 22.4. The Kier molecular flexibility index (Phi) is 5.07. The fourth-order valence-electron chi connectivity index (χ4n) is 5.13. The Morgan fingerprint density at radius 1 is 1.03 bits per heavy atom. The molecule has 0 amide bonds. The van der Waals surface area contributed by atoms with Gasteiger partial charge in [0.25, 0.3) is 0 Å². The lowest BCUT2D eigenvalue weighted by atomic mass is 9.75. The summed E-state index contributed by atoms with van der Waals surface area (Å²) >= 11 is 1.55. The molecular formula is C25H21FN4OS. The van der Waals surface area contributed by atoms with E-state index in [1.165, 1.54) is 17.0 Å². The molecule has 2 aliphatic carbocycles. The second kappa shape index (κ2) is 7.93. The quantitative estimate of drug-likeness (QED) is 0.708. The van der Waals surface area contributed by atoms with Crippen LogP contribution in [0.1, 0.15) is 59.6 Å². The van der Waals surface area contributed by atoms with Crippen molar-refractivity contribution in [1.82, 2.24) is 0 Å². The molecule has 5 nitrogen and oxygen atoms in total. The Balaban J connectivity index is 1.76. The number of rotatable bonds is 2. The van der Waals surface area contributed by atoms with Crippen LogP contribution in [0.15, 0.2) is 46.9 Å². The average molecular weight is 445 g/mol. The molecule has 3 aliphatic rings. The molecule has 0 bridgehead atoms. The van der Waals surface area contributed by atoms with Crippen molar-refractivity contribution in [3.05, 3.63) is 74.3 Å². The van der Waals surface area contributed by atoms with Gasteiger partial charge in [-0.05, 0) is 61.8 Å². The van der Waals surface area contributed by atoms with E-state index in [2.05, 4.69) is 12.1 Å². The summed E-state index contributed by atoms with van der Waals surface area (Å²) in [5, 5.41) is 20.8. The number of benzene rings is 1. The van der Waals surface area contributed by atoms with E-state index >= 15 is 0 Å². The van der Waals surface area contributed by atoms with Gasteiger partial charge in [0.05, 0.1) is 23.1 Å². The number of nitrogens with zero attached hydrogens (tertiary/aromatic N) is 3. The highest BCUT2D eigenvalue weighted by molar-refractivity contribution is 7.16. The smallest absolute Gasteiger partial charge is 0.161 e. The van der Waals surface area contributed by atoms with Crippen molar-refractivity contribution in [2.24, 2.45) is 5.73 Å². The van der Waals surface area contributed by atoms with Gasteiger partial charge in [0.15, 0.2) is 5.78 Å². The summed E-state index contributed by atoms with van der Waals surface area (Å²) in [4.78, 5) is 16.2. The third-order valence-corrected chi connectivity index (χ3v) is 7.86. The van der Waals surface area contributed by atoms with Gasteiger partial charge >= 0.3 is 0 Å². The predicted molar refractivity (Wildman–Crippen MR) is 120 cm³/mol. The van der Waals surface area contributed by atoms with Gasteiger partial charge in [-0.2, -0.15) is 10.5 Å². The van der Waals surface area contributed by atoms with Crippen LogP contribution in [0.4, 0.5) is 9.39 Å². The van der Waals surface area contributed by atoms with Crippen LogP contribution in [0, 0.1) is 28.5 Å². The van der Waals surface area contributed by atoms with Crippen molar-refractivity contribution in [1.29, 1.82) is 10.5 Å². The molecular weight excluding hydrogens is 423 g/mol. The molecule has 0 saturated heterocycles. The maximum Gasteiger partial charge on any atom is 0.161 e. The first kappa shape index (κ1) is 20.5. The van der Waals surface area contributed by atoms with Crippen molar-refractivity contribution in [2.45, 2.75) is 50.9 Å². The summed E-state index contributed by atoms with van der Waals surface area (Å²) < 4.78 is 13.6. The van der Waals surface area contributed by atoms with Gasteiger partial charge in [-0.1, -0.05) is 12.1 Å². The number of nitrogens with two attached hydrogens (primary N) is 1. The highest BCUT2D eigenvalue weighted by Crippen LogP contribution is 2.50. The third-order valence-electron chi connectivity index (χ3n) is 6.58. The van der Waals surface area contributed by atoms with E-state index < -0.39 is 5.92 Å². The monoisotopic (exact) mass is 444 g/mol. The van der Waals surface area contributed by atoms with Gasteiger partial charge in [0.1, 0.15) is 22.7 Å². The lowest BCUT2D eigenvalue weighted by Gasteiger charge is -2.39. The molecule has 1 unspecified atom stereocenters. The molecule has 0 fully saturated rings. The fraction of sp³-hybridized carbons (Fsp3) is 0.320. The molecule has 1 aromatic carbocycles. The summed E-state index contributed by atoms with van der Waals surface area (Å²) in [6.45, 7) is 0. The van der Waals surface area contributed by atoms with Crippen molar-refractivity contribution >= 4 is 22.1 Å². The standard InChI is InChI=1S/C25H21FN4OS/c26-15-10-8-14(9-11-15)22-18(13-28)24(29)30(19-5-3-6-20(31)23(19)22)25-17(12-27)16-4-1-2-7-21(16)32-25/h8-11,22H,1-7,29H2. The zero-order valence-electron chi connectivity index (χ0n) is 17.4. The Morgan fingerprint density at radius 2 is 1.78 bits per heavy atom. The van der Waals surface area contributed by atoms with Crippen molar-refractivity contribution in [3.8, 4) is 12.1 Å². The predicted octanol–water partition coefficient (Wildman–Crippen LogP) is 4.94. The average Bonchev–Trinajstić information content (AvgIpc) is 3.17. The molecule has 160 valence electrons. The highest BCUT2D eigenvalue weighted by Gasteiger charge is 2.41. The molecule has 0 spiro atoms. The number of fused-ring (bicyclic) bond motifs is 1. The number of Topliss-reactive ketones (excluding diaryl/α,β-unsaturated/α-hetero) is 1. The van der Waals surface area contributed by atoms with Crippen LogP contribution in [-0.2, 0) is 17.6 Å². The molecule has 2 N–H and O–H groups in total. The summed E-state index contributed by atoms with van der Waals surface area (Å²) in [6.07, 6.45) is 5.64. The molecule has 2 aromatic rings. The van der Waals surface area contributed by atoms with Gasteiger partial charge in [-0.3, -0.25) is 9.69 Å². The number of nitriles is 2. The van der Waals surface area contributed by atoms with Crippen molar-refractivity contribution in [2.75, 3.05) is 4.90 Å². The van der Waals surface area contributed by atoms with Gasteiger partial charge < -0.3 is 5.73 Å². The Bertz CT molecular complexity index is 1270. The van der Waals surface area contributed by atoms with Gasteiger partial charge in [0.2, 0.25) is 0 Å². The van der Waals surface area contributed by atoms with E-state index in [-0.39, 0.29) is 23.0 Å². The summed E-state index contributed by atoms with van der Waals surface area (Å²) in [7, 11) is 0. The largest absolute Gasteiger partial charge is 0.384 e. The number of thiophene rings is 1. The number of anilines is 1. The summed E-state index contributed by atoms with van der Waals surface area (Å²) in [5.41, 5.74) is 10.5. The van der Waals surface area contributed by atoms with Crippen LogP contribution < -0.4 is 10.6 Å². The van der Waals surface area contributed by atoms with Gasteiger partial charge in [-0.15, -0.1) is 11.3 Å². The second-order valence-corrected chi connectivity index (χ2v) is 9.45. The number of aryl methyl sites for hydroxylation is 1. The van der Waals surface area contributed by atoms with E-state index in [9.17, 15) is 19.7 Å². The normalized spacial score (nSPS) is 20.5. The fourth-order valence-corrected chi connectivity index (χ4v) is 6.51. The maximum atomic E-state index is 13.6. The topological polar surface area (TPSA) is 93.9 Å².